The molecule has 1 aromatic rings. The van der Waals surface area contributed by atoms with Crippen LogP contribution in [0.25, 0.3) is 0 Å². The molecule has 0 spiro atoms. The number of halogens is 2. The summed E-state index contributed by atoms with van der Waals surface area (Å²) in [4.78, 5) is 5.24. The predicted octanol–water partition coefficient (Wildman–Crippen LogP) is 3.69. The fraction of sp³-hybridized carbons (Fsp3) is 0.375. The monoisotopic (exact) mass is 352 g/mol. The smallest absolute Gasteiger partial charge is 0.160 e. The van der Waals surface area contributed by atoms with Gasteiger partial charge in [0.05, 0.1) is 5.70 Å². The molecule has 7 heteroatoms. The van der Waals surface area contributed by atoms with E-state index in [1.165, 1.54) is 11.3 Å². The Labute approximate surface area is 109 Å². The van der Waals surface area contributed by atoms with Gasteiger partial charge in [0.15, 0.2) is 3.92 Å². The van der Waals surface area contributed by atoms with Gasteiger partial charge in [-0.05, 0) is 38.8 Å². The SMILES string of the molecule is CCN/C=C(/Cc1sc(Br)nc1Br)N=N. The molecule has 4 nitrogen and oxygen atoms in total. The summed E-state index contributed by atoms with van der Waals surface area (Å²) in [5, 5.41) is 6.49. The van der Waals surface area contributed by atoms with Crippen molar-refractivity contribution in [2.24, 2.45) is 5.11 Å². The topological polar surface area (TPSA) is 61.1 Å². The summed E-state index contributed by atoms with van der Waals surface area (Å²) >= 11 is 8.21. The number of rotatable bonds is 5. The van der Waals surface area contributed by atoms with Gasteiger partial charge in [-0.3, -0.25) is 0 Å². The molecule has 0 amide bonds. The van der Waals surface area contributed by atoms with Gasteiger partial charge in [0.2, 0.25) is 0 Å². The maximum Gasteiger partial charge on any atom is 0.160 e. The molecule has 1 aromatic heterocycles. The number of nitrogens with one attached hydrogen (secondary N) is 2. The summed E-state index contributed by atoms with van der Waals surface area (Å²) in [6, 6.07) is 0. The predicted molar refractivity (Wildman–Crippen MR) is 68.1 cm³/mol. The Balaban J connectivity index is 2.74. The lowest BCUT2D eigenvalue weighted by Crippen LogP contribution is -2.04. The third-order valence-corrected chi connectivity index (χ3v) is 4.01. The molecule has 0 fully saturated rings. The zero-order chi connectivity index (χ0) is 11.3. The zero-order valence-electron chi connectivity index (χ0n) is 8.05. The number of aromatic nitrogens is 1. The molecule has 1 heterocycles. The third-order valence-electron chi connectivity index (χ3n) is 1.58. The van der Waals surface area contributed by atoms with Crippen molar-refractivity contribution in [2.75, 3.05) is 6.54 Å². The second kappa shape index (κ2) is 6.34. The Morgan fingerprint density at radius 1 is 1.67 bits per heavy atom. The first-order valence-electron chi connectivity index (χ1n) is 4.28. The van der Waals surface area contributed by atoms with Crippen molar-refractivity contribution < 1.29 is 0 Å². The highest BCUT2D eigenvalue weighted by atomic mass is 79.9. The molecule has 0 saturated carbocycles. The Bertz CT molecular complexity index is 375. The van der Waals surface area contributed by atoms with Gasteiger partial charge >= 0.3 is 0 Å². The molecule has 0 saturated heterocycles. The van der Waals surface area contributed by atoms with Gasteiger partial charge < -0.3 is 5.32 Å². The van der Waals surface area contributed by atoms with E-state index >= 15 is 0 Å². The van der Waals surface area contributed by atoms with Crippen LogP contribution in [-0.4, -0.2) is 11.5 Å². The summed E-state index contributed by atoms with van der Waals surface area (Å²) in [5.41, 5.74) is 7.73. The van der Waals surface area contributed by atoms with Crippen LogP contribution in [0, 0.1) is 5.53 Å². The highest BCUT2D eigenvalue weighted by Gasteiger charge is 2.09. The number of hydrogen-bond donors (Lipinski definition) is 2. The van der Waals surface area contributed by atoms with Crippen molar-refractivity contribution in [1.29, 1.82) is 5.53 Å². The quantitative estimate of drug-likeness (QED) is 0.793. The molecule has 0 aromatic carbocycles. The van der Waals surface area contributed by atoms with Gasteiger partial charge in [0.25, 0.3) is 0 Å². The molecule has 0 unspecified atom stereocenters. The highest BCUT2D eigenvalue weighted by molar-refractivity contribution is 9.11. The second-order valence-corrected chi connectivity index (χ2v) is 5.77. The summed E-state index contributed by atoms with van der Waals surface area (Å²) < 4.78 is 1.64. The first-order valence-corrected chi connectivity index (χ1v) is 6.68. The fourth-order valence-corrected chi connectivity index (χ4v) is 3.29. The minimum absolute atomic E-state index is 0.611. The molecule has 15 heavy (non-hydrogen) atoms. The summed E-state index contributed by atoms with van der Waals surface area (Å²) in [7, 11) is 0. The zero-order valence-corrected chi connectivity index (χ0v) is 12.0. The summed E-state index contributed by atoms with van der Waals surface area (Å²) in [5.74, 6) is 0. The Morgan fingerprint density at radius 3 is 2.87 bits per heavy atom. The van der Waals surface area contributed by atoms with Gasteiger partial charge in [-0.25, -0.2) is 10.5 Å². The highest BCUT2D eigenvalue weighted by Crippen LogP contribution is 2.29. The molecule has 1 rings (SSSR count). The van der Waals surface area contributed by atoms with Crippen LogP contribution in [0.4, 0.5) is 0 Å². The average Bonchev–Trinajstić information content (AvgIpc) is 2.52. The third kappa shape index (κ3) is 4.00. The van der Waals surface area contributed by atoms with Crippen LogP contribution in [0.15, 0.2) is 25.5 Å². The largest absolute Gasteiger partial charge is 0.390 e. The lowest BCUT2D eigenvalue weighted by Gasteiger charge is -1.99. The van der Waals surface area contributed by atoms with E-state index in [-0.39, 0.29) is 0 Å². The van der Waals surface area contributed by atoms with Crippen LogP contribution in [0.1, 0.15) is 11.8 Å². The van der Waals surface area contributed by atoms with E-state index in [1.54, 1.807) is 6.20 Å². The van der Waals surface area contributed by atoms with E-state index in [1.807, 2.05) is 6.92 Å². The molecular weight excluding hydrogens is 344 g/mol. The lowest BCUT2D eigenvalue weighted by molar-refractivity contribution is 0.875. The van der Waals surface area contributed by atoms with Gasteiger partial charge in [0, 0.05) is 24.0 Å². The fourth-order valence-electron chi connectivity index (χ4n) is 0.922. The Kier molecular flexibility index (Phi) is 5.41. The van der Waals surface area contributed by atoms with E-state index in [0.29, 0.717) is 12.1 Å². The lowest BCUT2D eigenvalue weighted by atomic mass is 10.3. The van der Waals surface area contributed by atoms with E-state index in [9.17, 15) is 0 Å². The van der Waals surface area contributed by atoms with Gasteiger partial charge in [-0.15, -0.1) is 11.3 Å². The minimum atomic E-state index is 0.611. The Morgan fingerprint density at radius 2 is 2.40 bits per heavy atom. The van der Waals surface area contributed by atoms with Crippen LogP contribution in [-0.2, 0) is 6.42 Å². The van der Waals surface area contributed by atoms with E-state index in [4.69, 9.17) is 5.53 Å². The van der Waals surface area contributed by atoms with E-state index < -0.39 is 0 Å². The van der Waals surface area contributed by atoms with E-state index in [0.717, 1.165) is 19.9 Å². The van der Waals surface area contributed by atoms with Gasteiger partial charge in [0.1, 0.15) is 4.60 Å². The first-order chi connectivity index (χ1) is 7.17. The number of hydrogen-bond acceptors (Lipinski definition) is 5. The molecular formula is C8H10Br2N4S. The Hall–Kier alpha value is -0.270. The molecule has 2 N–H and O–H groups in total. The molecule has 0 aliphatic heterocycles. The van der Waals surface area contributed by atoms with Crippen LogP contribution in [0.2, 0.25) is 0 Å². The maximum absolute atomic E-state index is 7.04. The first kappa shape index (κ1) is 12.8. The maximum atomic E-state index is 7.04. The molecule has 0 atom stereocenters. The molecule has 0 aliphatic carbocycles. The second-order valence-electron chi connectivity index (χ2n) is 2.66. The molecule has 0 aliphatic rings. The van der Waals surface area contributed by atoms with Gasteiger partial charge in [-0.2, -0.15) is 5.11 Å². The van der Waals surface area contributed by atoms with E-state index in [2.05, 4.69) is 47.3 Å². The molecule has 0 radical (unpaired) electrons. The minimum Gasteiger partial charge on any atom is -0.390 e. The van der Waals surface area contributed by atoms with Crippen molar-refractivity contribution in [1.82, 2.24) is 10.3 Å². The standard InChI is InChI=1S/C8H10Br2N4S/c1-2-12-4-5(14-11)3-6-7(9)13-8(10)15-6/h4,11-12H,2-3H2,1H3/b5-4-,14-11?. The summed E-state index contributed by atoms with van der Waals surface area (Å²) in [6.45, 7) is 2.82. The number of nitrogens with zero attached hydrogens (tertiary/aromatic N) is 2. The van der Waals surface area contributed by atoms with Crippen molar-refractivity contribution >= 4 is 43.2 Å². The number of thiazole rings is 1. The molecule has 82 valence electrons. The average molecular weight is 354 g/mol. The molecule has 0 bridgehead atoms. The van der Waals surface area contributed by atoms with Crippen molar-refractivity contribution in [2.45, 2.75) is 13.3 Å². The van der Waals surface area contributed by atoms with Crippen LogP contribution >= 0.6 is 43.2 Å². The van der Waals surface area contributed by atoms with Gasteiger partial charge in [-0.1, -0.05) is 0 Å². The normalized spacial score (nSPS) is 11.5. The van der Waals surface area contributed by atoms with Crippen molar-refractivity contribution in [3.05, 3.63) is 25.3 Å². The summed E-state index contributed by atoms with van der Waals surface area (Å²) in [6.07, 6.45) is 2.37. The van der Waals surface area contributed by atoms with Crippen LogP contribution in [0.5, 0.6) is 0 Å². The van der Waals surface area contributed by atoms with Crippen molar-refractivity contribution in [3.8, 4) is 0 Å². The number of allylic oxidation sites excluding steroid dienone is 1. The van der Waals surface area contributed by atoms with Crippen LogP contribution < -0.4 is 5.32 Å². The van der Waals surface area contributed by atoms with Crippen LogP contribution in [0.3, 0.4) is 0 Å². The van der Waals surface area contributed by atoms with Crippen molar-refractivity contribution in [3.63, 3.8) is 0 Å².